The lowest BCUT2D eigenvalue weighted by Crippen LogP contribution is -2.55. The van der Waals surface area contributed by atoms with Gasteiger partial charge in [-0.25, -0.2) is 9.37 Å². The Morgan fingerprint density at radius 1 is 1.24 bits per heavy atom. The predicted octanol–water partition coefficient (Wildman–Crippen LogP) is 2.57. The van der Waals surface area contributed by atoms with Crippen LogP contribution in [0.5, 0.6) is 5.75 Å². The number of phenols is 1. The van der Waals surface area contributed by atoms with Crippen molar-refractivity contribution < 1.29 is 13.9 Å². The molecule has 0 aliphatic carbocycles. The quantitative estimate of drug-likeness (QED) is 0.694. The van der Waals surface area contributed by atoms with E-state index in [9.17, 15) is 9.50 Å². The number of hydrogen-bond acceptors (Lipinski definition) is 8. The van der Waals surface area contributed by atoms with Crippen LogP contribution in [0.2, 0.25) is 0 Å². The summed E-state index contributed by atoms with van der Waals surface area (Å²) in [6.07, 6.45) is 6.19. The van der Waals surface area contributed by atoms with Crippen molar-refractivity contribution in [2.45, 2.75) is 43.6 Å². The van der Waals surface area contributed by atoms with Gasteiger partial charge in [-0.2, -0.15) is 0 Å². The molecule has 0 saturated carbocycles. The van der Waals surface area contributed by atoms with E-state index >= 15 is 0 Å². The van der Waals surface area contributed by atoms with E-state index in [0.717, 1.165) is 19.3 Å². The van der Waals surface area contributed by atoms with E-state index in [2.05, 4.69) is 25.5 Å². The van der Waals surface area contributed by atoms with Crippen LogP contribution >= 0.6 is 0 Å². The molecule has 150 valence electrons. The summed E-state index contributed by atoms with van der Waals surface area (Å²) < 4.78 is 20.0. The molecule has 2 aromatic heterocycles. The van der Waals surface area contributed by atoms with Crippen molar-refractivity contribution in [3.8, 4) is 28.5 Å². The van der Waals surface area contributed by atoms with Crippen LogP contribution in [0.1, 0.15) is 19.3 Å². The third-order valence-electron chi connectivity index (χ3n) is 5.93. The Hall–Kier alpha value is -3.07. The van der Waals surface area contributed by atoms with Gasteiger partial charge in [0.25, 0.3) is 0 Å². The largest absolute Gasteiger partial charge is 0.507 e. The van der Waals surface area contributed by atoms with Gasteiger partial charge in [-0.15, -0.1) is 10.2 Å². The Balaban J connectivity index is 1.36. The first-order valence-electron chi connectivity index (χ1n) is 9.65. The number of anilines is 1. The number of fused-ring (bicyclic) bond motifs is 2. The standard InChI is InChI=1S/C20H21FN6O2/c1-27(16-7-12-3-5-14(25-12)19(16)21)18-9-22-15(8-23-18)13-4-2-11(6-17(13)28)20-26-24-10-29-20/h2,4,6,8-10,12,14,16,19,25,28H,3,5,7H2,1H3/t12-,14+,16-,19+/m1/s1. The van der Waals surface area contributed by atoms with Crippen LogP contribution in [0.25, 0.3) is 22.7 Å². The number of halogens is 1. The fraction of sp³-hybridized carbons (Fsp3) is 0.400. The zero-order valence-corrected chi connectivity index (χ0v) is 15.9. The molecule has 2 N–H and O–H groups in total. The molecule has 8 nitrogen and oxygen atoms in total. The van der Waals surface area contributed by atoms with Gasteiger partial charge in [-0.3, -0.25) is 4.98 Å². The summed E-state index contributed by atoms with van der Waals surface area (Å²) in [5, 5.41) is 21.2. The third-order valence-corrected chi connectivity index (χ3v) is 5.93. The van der Waals surface area contributed by atoms with Gasteiger partial charge in [-0.1, -0.05) is 0 Å². The molecule has 2 bridgehead atoms. The molecule has 3 aromatic rings. The highest BCUT2D eigenvalue weighted by atomic mass is 19.1. The fourth-order valence-electron chi connectivity index (χ4n) is 4.34. The van der Waals surface area contributed by atoms with Crippen LogP contribution in [0.3, 0.4) is 0 Å². The van der Waals surface area contributed by atoms with Gasteiger partial charge in [0.15, 0.2) is 0 Å². The second-order valence-electron chi connectivity index (χ2n) is 7.64. The lowest BCUT2D eigenvalue weighted by Gasteiger charge is -2.38. The second kappa shape index (κ2) is 7.07. The molecule has 0 amide bonds. The van der Waals surface area contributed by atoms with Crippen molar-refractivity contribution in [1.29, 1.82) is 0 Å². The molecule has 4 heterocycles. The number of nitrogens with zero attached hydrogens (tertiary/aromatic N) is 5. The second-order valence-corrected chi connectivity index (χ2v) is 7.64. The minimum atomic E-state index is -0.929. The van der Waals surface area contributed by atoms with Crippen molar-refractivity contribution in [3.63, 3.8) is 0 Å². The summed E-state index contributed by atoms with van der Waals surface area (Å²) in [4.78, 5) is 10.8. The molecule has 5 rings (SSSR count). The van der Waals surface area contributed by atoms with E-state index < -0.39 is 6.17 Å². The van der Waals surface area contributed by atoms with Crippen LogP contribution in [-0.4, -0.2) is 56.6 Å². The smallest absolute Gasteiger partial charge is 0.247 e. The van der Waals surface area contributed by atoms with Crippen LogP contribution in [0.4, 0.5) is 10.2 Å². The number of benzene rings is 1. The van der Waals surface area contributed by atoms with Gasteiger partial charge in [0.1, 0.15) is 17.7 Å². The molecule has 29 heavy (non-hydrogen) atoms. The molecule has 0 unspecified atom stereocenters. The predicted molar refractivity (Wildman–Crippen MR) is 104 cm³/mol. The summed E-state index contributed by atoms with van der Waals surface area (Å²) in [5.74, 6) is 0.978. The highest BCUT2D eigenvalue weighted by Gasteiger charge is 2.43. The van der Waals surface area contributed by atoms with E-state index in [0.29, 0.717) is 34.6 Å². The van der Waals surface area contributed by atoms with Gasteiger partial charge in [-0.05, 0) is 37.5 Å². The number of aromatic hydroxyl groups is 1. The SMILES string of the molecule is CN(c1cnc(-c2ccc(-c3nnco3)cc2O)cn1)[C@@H]1C[C@H]2CC[C@H](N2)[C@@H]1F. The number of alkyl halides is 1. The van der Waals surface area contributed by atoms with Crippen molar-refractivity contribution in [1.82, 2.24) is 25.5 Å². The molecule has 9 heteroatoms. The molecule has 4 atom stereocenters. The minimum absolute atomic E-state index is 0.0369. The zero-order valence-electron chi connectivity index (χ0n) is 15.9. The minimum Gasteiger partial charge on any atom is -0.507 e. The Kier molecular flexibility index (Phi) is 4.39. The topological polar surface area (TPSA) is 100 Å². The van der Waals surface area contributed by atoms with E-state index in [1.54, 1.807) is 30.6 Å². The first-order valence-corrected chi connectivity index (χ1v) is 9.65. The average molecular weight is 396 g/mol. The molecule has 0 radical (unpaired) electrons. The van der Waals surface area contributed by atoms with Gasteiger partial charge < -0.3 is 19.7 Å². The number of nitrogens with one attached hydrogen (secondary N) is 1. The maximum atomic E-state index is 14.8. The van der Waals surface area contributed by atoms with Crippen LogP contribution < -0.4 is 10.2 Å². The number of hydrogen-bond donors (Lipinski definition) is 2. The van der Waals surface area contributed by atoms with Crippen molar-refractivity contribution in [3.05, 3.63) is 37.0 Å². The number of phenolic OH excluding ortho intramolecular Hbond substituents is 1. The molecule has 2 saturated heterocycles. The highest BCUT2D eigenvalue weighted by molar-refractivity contribution is 5.71. The molecule has 2 aliphatic heterocycles. The van der Waals surface area contributed by atoms with Crippen LogP contribution in [0.15, 0.2) is 41.4 Å². The normalized spacial score (nSPS) is 25.9. The van der Waals surface area contributed by atoms with Crippen molar-refractivity contribution >= 4 is 5.82 Å². The fourth-order valence-corrected chi connectivity index (χ4v) is 4.34. The Bertz CT molecular complexity index is 997. The average Bonchev–Trinajstić information content (AvgIpc) is 3.41. The molecule has 1 aromatic carbocycles. The zero-order chi connectivity index (χ0) is 20.0. The van der Waals surface area contributed by atoms with Gasteiger partial charge in [0, 0.05) is 30.3 Å². The summed E-state index contributed by atoms with van der Waals surface area (Å²) in [5.41, 5.74) is 1.68. The summed E-state index contributed by atoms with van der Waals surface area (Å²) in [7, 11) is 1.86. The van der Waals surface area contributed by atoms with Crippen LogP contribution in [-0.2, 0) is 0 Å². The van der Waals surface area contributed by atoms with Crippen LogP contribution in [0, 0.1) is 0 Å². The van der Waals surface area contributed by atoms with E-state index in [4.69, 9.17) is 4.42 Å². The Morgan fingerprint density at radius 3 is 2.86 bits per heavy atom. The Labute approximate surface area is 166 Å². The van der Waals surface area contributed by atoms with E-state index in [1.807, 2.05) is 11.9 Å². The monoisotopic (exact) mass is 396 g/mol. The number of rotatable bonds is 4. The lowest BCUT2D eigenvalue weighted by atomic mass is 9.96. The van der Waals surface area contributed by atoms with E-state index in [1.165, 1.54) is 6.39 Å². The molecule has 2 fully saturated rings. The molecule has 0 spiro atoms. The van der Waals surface area contributed by atoms with Gasteiger partial charge in [0.2, 0.25) is 12.3 Å². The molecular formula is C20H21FN6O2. The number of piperidine rings is 1. The maximum absolute atomic E-state index is 14.8. The summed E-state index contributed by atoms with van der Waals surface area (Å²) in [6, 6.07) is 5.13. The van der Waals surface area contributed by atoms with Crippen molar-refractivity contribution in [2.75, 3.05) is 11.9 Å². The Morgan fingerprint density at radius 2 is 2.14 bits per heavy atom. The van der Waals surface area contributed by atoms with Crippen molar-refractivity contribution in [2.24, 2.45) is 0 Å². The summed E-state index contributed by atoms with van der Waals surface area (Å²) in [6.45, 7) is 0. The van der Waals surface area contributed by atoms with Gasteiger partial charge >= 0.3 is 0 Å². The highest BCUT2D eigenvalue weighted by Crippen LogP contribution is 2.34. The lowest BCUT2D eigenvalue weighted by molar-refractivity contribution is 0.176. The van der Waals surface area contributed by atoms with Gasteiger partial charge in [0.05, 0.1) is 24.1 Å². The first kappa shape index (κ1) is 18.0. The third kappa shape index (κ3) is 3.21. The van der Waals surface area contributed by atoms with E-state index in [-0.39, 0.29) is 17.8 Å². The molecular weight excluding hydrogens is 375 g/mol. The number of aromatic nitrogens is 4. The maximum Gasteiger partial charge on any atom is 0.247 e. The first-order chi connectivity index (χ1) is 14.1. The molecule has 2 aliphatic rings. The summed E-state index contributed by atoms with van der Waals surface area (Å²) >= 11 is 0.